The highest BCUT2D eigenvalue weighted by atomic mass is 16.5. The number of carbonyl (C=O) groups excluding carboxylic acids is 3. The molecule has 8 nitrogen and oxygen atoms in total. The van der Waals surface area contributed by atoms with Gasteiger partial charge in [-0.25, -0.2) is 0 Å². The van der Waals surface area contributed by atoms with E-state index in [4.69, 9.17) is 9.47 Å². The molecule has 0 saturated carbocycles. The number of ether oxygens (including phenoxy) is 2. The maximum Gasteiger partial charge on any atom is 0.255 e. The lowest BCUT2D eigenvalue weighted by molar-refractivity contribution is -0.136. The van der Waals surface area contributed by atoms with Crippen LogP contribution in [-0.2, 0) is 26.2 Å². The molecule has 0 bridgehead atoms. The van der Waals surface area contributed by atoms with E-state index in [1.54, 1.807) is 11.0 Å². The molecule has 0 spiro atoms. The van der Waals surface area contributed by atoms with Crippen LogP contribution in [0.4, 0.5) is 0 Å². The van der Waals surface area contributed by atoms with Gasteiger partial charge in [-0.3, -0.25) is 19.7 Å². The van der Waals surface area contributed by atoms with Crippen molar-refractivity contribution in [2.24, 2.45) is 0 Å². The molecular weight excluding hydrogens is 487 g/mol. The summed E-state index contributed by atoms with van der Waals surface area (Å²) in [6.45, 7) is 3.63. The summed E-state index contributed by atoms with van der Waals surface area (Å²) in [6.07, 6.45) is 0.565. The molecule has 3 amide bonds. The van der Waals surface area contributed by atoms with Crippen LogP contribution >= 0.6 is 0 Å². The summed E-state index contributed by atoms with van der Waals surface area (Å²) in [5, 5.41) is 2.24. The van der Waals surface area contributed by atoms with Gasteiger partial charge in [0, 0.05) is 30.6 Å². The van der Waals surface area contributed by atoms with Crippen molar-refractivity contribution in [2.75, 3.05) is 26.3 Å². The molecule has 2 aromatic rings. The Bertz CT molecular complexity index is 1350. The molecule has 2 unspecified atom stereocenters. The monoisotopic (exact) mass is 521 g/mol. The van der Waals surface area contributed by atoms with Crippen molar-refractivity contribution >= 4 is 81.2 Å². The number of nitrogens with zero attached hydrogens (tertiary/aromatic N) is 2. The number of amides is 3. The number of nitrogens with one attached hydrogen (secondary N) is 1. The minimum atomic E-state index is -0.650. The van der Waals surface area contributed by atoms with E-state index in [1.165, 1.54) is 22.0 Å². The zero-order valence-electron chi connectivity index (χ0n) is 23.8. The summed E-state index contributed by atoms with van der Waals surface area (Å²) in [4.78, 5) is 41.4. The number of carbonyl (C=O) groups is 3. The van der Waals surface area contributed by atoms with Crippen LogP contribution in [0.25, 0.3) is 0 Å². The molecular formula is C25H33B6N3O5. The number of benzene rings is 2. The van der Waals surface area contributed by atoms with Gasteiger partial charge in [0.05, 0.1) is 25.8 Å². The molecule has 2 saturated heterocycles. The molecule has 1 N–H and O–H groups in total. The first-order valence-electron chi connectivity index (χ1n) is 13.9. The molecule has 39 heavy (non-hydrogen) atoms. The van der Waals surface area contributed by atoms with Gasteiger partial charge in [0.1, 0.15) is 51.0 Å². The smallest absolute Gasteiger partial charge is 0.255 e. The van der Waals surface area contributed by atoms with Crippen LogP contribution in [0.1, 0.15) is 45.9 Å². The van der Waals surface area contributed by atoms with Crippen molar-refractivity contribution in [1.29, 1.82) is 0 Å². The summed E-state index contributed by atoms with van der Waals surface area (Å²) < 4.78 is 12.1. The first kappa shape index (κ1) is 27.7. The maximum atomic E-state index is 13.2. The number of imide groups is 1. The van der Waals surface area contributed by atoms with Crippen molar-refractivity contribution in [3.8, 4) is 5.75 Å². The molecule has 0 aromatic heterocycles. The number of hydrogen-bond acceptors (Lipinski definition) is 6. The Kier molecular flexibility index (Phi) is 7.55. The largest absolute Gasteiger partial charge is 0.495 e. The second-order valence-electron chi connectivity index (χ2n) is 11.5. The maximum absolute atomic E-state index is 13.2. The number of piperidine rings is 1. The summed E-state index contributed by atoms with van der Waals surface area (Å²) >= 11 is 0. The fourth-order valence-electron chi connectivity index (χ4n) is 6.68. The van der Waals surface area contributed by atoms with E-state index in [0.29, 0.717) is 17.7 Å². The van der Waals surface area contributed by atoms with Crippen LogP contribution in [0.2, 0.25) is 0 Å². The van der Waals surface area contributed by atoms with Gasteiger partial charge < -0.3 is 19.3 Å². The first-order valence-corrected chi connectivity index (χ1v) is 13.9. The average Bonchev–Trinajstić information content (AvgIpc) is 3.23. The third kappa shape index (κ3) is 4.97. The Balaban J connectivity index is 1.40. The Labute approximate surface area is 235 Å². The van der Waals surface area contributed by atoms with Gasteiger partial charge in [-0.1, -0.05) is 34.1 Å². The van der Waals surface area contributed by atoms with E-state index >= 15 is 0 Å². The van der Waals surface area contributed by atoms with Crippen LogP contribution in [0.5, 0.6) is 5.75 Å². The Morgan fingerprint density at radius 3 is 2.49 bits per heavy atom. The van der Waals surface area contributed by atoms with Crippen LogP contribution in [0.15, 0.2) is 24.3 Å². The van der Waals surface area contributed by atoms with E-state index in [-0.39, 0.29) is 36.1 Å². The highest BCUT2D eigenvalue weighted by Crippen LogP contribution is 2.35. The zero-order chi connectivity index (χ0) is 28.1. The summed E-state index contributed by atoms with van der Waals surface area (Å²) in [7, 11) is 13.2. The van der Waals surface area contributed by atoms with Crippen LogP contribution in [0, 0.1) is 0 Å². The van der Waals surface area contributed by atoms with E-state index in [0.717, 1.165) is 37.4 Å². The second-order valence-corrected chi connectivity index (χ2v) is 11.5. The van der Waals surface area contributed by atoms with Crippen molar-refractivity contribution in [2.45, 2.75) is 36.8 Å². The zero-order valence-corrected chi connectivity index (χ0v) is 23.8. The van der Waals surface area contributed by atoms with Crippen molar-refractivity contribution in [1.82, 2.24) is 15.1 Å². The number of hydrogen-bond donors (Lipinski definition) is 1. The standard InChI is InChI=1S/C25H33B6N3O5/c26-15-10-13(20(27)21(28)19(15)25(30,31)33-6-8-38-9-7-33)22(29)39-17-3-1-2-12-14(17)11-34(24(12)37)16-4-5-18(35)32-23(16)36/h1-3,10,16,22H,4-9,11,26-31H2,(H,32,35,36). The Morgan fingerprint density at radius 1 is 1.08 bits per heavy atom. The minimum absolute atomic E-state index is 0.120. The highest BCUT2D eigenvalue weighted by Gasteiger charge is 2.40. The first-order chi connectivity index (χ1) is 18.5. The van der Waals surface area contributed by atoms with Gasteiger partial charge in [0.2, 0.25) is 11.8 Å². The van der Waals surface area contributed by atoms with Crippen LogP contribution in [-0.4, -0.2) is 107 Å². The van der Waals surface area contributed by atoms with Crippen molar-refractivity contribution in [3.05, 3.63) is 46.5 Å². The number of rotatable bonds is 6. The average molecular weight is 520 g/mol. The Morgan fingerprint density at radius 2 is 1.79 bits per heavy atom. The minimum Gasteiger partial charge on any atom is -0.495 e. The molecule has 2 atom stereocenters. The molecule has 5 rings (SSSR count). The van der Waals surface area contributed by atoms with E-state index in [2.05, 4.69) is 55.5 Å². The molecule has 3 aliphatic rings. The van der Waals surface area contributed by atoms with Gasteiger partial charge in [0.15, 0.2) is 7.85 Å². The Hall–Kier alpha value is -2.84. The van der Waals surface area contributed by atoms with E-state index < -0.39 is 11.9 Å². The van der Waals surface area contributed by atoms with Gasteiger partial charge in [-0.15, -0.1) is 0 Å². The summed E-state index contributed by atoms with van der Waals surface area (Å²) in [6, 6.07) is 6.85. The van der Waals surface area contributed by atoms with Gasteiger partial charge in [-0.05, 0) is 29.5 Å². The third-order valence-electron chi connectivity index (χ3n) is 8.83. The van der Waals surface area contributed by atoms with Gasteiger partial charge >= 0.3 is 0 Å². The lowest BCUT2D eigenvalue weighted by Gasteiger charge is -2.44. The second kappa shape index (κ2) is 10.6. The molecule has 0 aliphatic carbocycles. The molecule has 3 aliphatic heterocycles. The molecule has 196 valence electrons. The van der Waals surface area contributed by atoms with Gasteiger partial charge in [0.25, 0.3) is 5.91 Å². The van der Waals surface area contributed by atoms with Crippen molar-refractivity contribution in [3.63, 3.8) is 0 Å². The summed E-state index contributed by atoms with van der Waals surface area (Å²) in [5.74, 6) is -0.255. The number of morpholine rings is 1. The van der Waals surface area contributed by atoms with Gasteiger partial charge in [-0.2, -0.15) is 0 Å². The van der Waals surface area contributed by atoms with Crippen LogP contribution < -0.4 is 26.4 Å². The SMILES string of the molecule is Bc1cc(C(B)Oc2cccc3c2CN(C2CCC(=O)NC2=O)C3=O)c(B)c(B)c1C(B)(B)N1CCOCC1. The number of fused-ring (bicyclic) bond motifs is 1. The topological polar surface area (TPSA) is 88.2 Å². The predicted octanol–water partition coefficient (Wildman–Crippen LogP) is -6.36. The highest BCUT2D eigenvalue weighted by molar-refractivity contribution is 6.55. The lowest BCUT2D eigenvalue weighted by atomic mass is 9.50. The van der Waals surface area contributed by atoms with E-state index in [9.17, 15) is 14.4 Å². The molecule has 3 heterocycles. The fourth-order valence-corrected chi connectivity index (χ4v) is 6.68. The quantitative estimate of drug-likeness (QED) is 0.301. The van der Waals surface area contributed by atoms with Crippen LogP contribution in [0.3, 0.4) is 0 Å². The molecule has 14 heteroatoms. The summed E-state index contributed by atoms with van der Waals surface area (Å²) in [5.41, 5.74) is 7.52. The molecule has 2 fully saturated rings. The lowest BCUT2D eigenvalue weighted by Crippen LogP contribution is -2.58. The van der Waals surface area contributed by atoms with E-state index in [1.807, 2.05) is 20.0 Å². The van der Waals surface area contributed by atoms with Crippen molar-refractivity contribution < 1.29 is 23.9 Å². The molecule has 2 aromatic carbocycles. The fraction of sp³-hybridized carbons (Fsp3) is 0.400. The molecule has 0 radical (unpaired) electrons. The predicted molar refractivity (Wildman–Crippen MR) is 167 cm³/mol. The third-order valence-corrected chi connectivity index (χ3v) is 8.83. The normalized spacial score (nSPS) is 21.0.